The summed E-state index contributed by atoms with van der Waals surface area (Å²) < 4.78 is 27.6. The average Bonchev–Trinajstić information content (AvgIpc) is 2.61. The fourth-order valence-electron chi connectivity index (χ4n) is 2.32. The van der Waals surface area contributed by atoms with Gasteiger partial charge in [-0.1, -0.05) is 17.7 Å². The molecule has 0 radical (unpaired) electrons. The first kappa shape index (κ1) is 21.1. The van der Waals surface area contributed by atoms with Crippen LogP contribution in [-0.2, 0) is 19.4 Å². The summed E-state index contributed by atoms with van der Waals surface area (Å²) in [6.07, 6.45) is 1.05. The monoisotopic (exact) mass is 404 g/mol. The number of benzene rings is 2. The zero-order valence-electron chi connectivity index (χ0n) is 15.6. The summed E-state index contributed by atoms with van der Waals surface area (Å²) in [6, 6.07) is 9.77. The Hall–Kier alpha value is -3.20. The van der Waals surface area contributed by atoms with Crippen LogP contribution in [0.25, 0.3) is 0 Å². The molecule has 0 saturated carbocycles. The predicted molar refractivity (Wildman–Crippen MR) is 103 cm³/mol. The van der Waals surface area contributed by atoms with Crippen molar-refractivity contribution in [3.8, 4) is 0 Å². The third kappa shape index (κ3) is 5.92. The van der Waals surface area contributed by atoms with Gasteiger partial charge in [-0.25, -0.2) is 18.0 Å². The fraction of sp³-hybridized carbons (Fsp3) is 0.211. The van der Waals surface area contributed by atoms with E-state index in [2.05, 4.69) is 10.6 Å². The second-order valence-electron chi connectivity index (χ2n) is 6.19. The van der Waals surface area contributed by atoms with E-state index in [0.717, 1.165) is 17.4 Å². The van der Waals surface area contributed by atoms with Gasteiger partial charge in [0.1, 0.15) is 0 Å². The summed E-state index contributed by atoms with van der Waals surface area (Å²) in [6.45, 7) is 3.08. The molecule has 0 heterocycles. The highest BCUT2D eigenvalue weighted by atomic mass is 32.2. The van der Waals surface area contributed by atoms with Gasteiger partial charge in [0, 0.05) is 11.9 Å². The van der Waals surface area contributed by atoms with Crippen LogP contribution in [-0.4, -0.2) is 39.2 Å². The van der Waals surface area contributed by atoms with Crippen LogP contribution < -0.4 is 10.6 Å². The molecular weight excluding hydrogens is 384 g/mol. The molecule has 148 valence electrons. The minimum atomic E-state index is -3.38. The van der Waals surface area contributed by atoms with Crippen molar-refractivity contribution >= 4 is 33.4 Å². The standard InChI is InChI=1S/C19H20N2O6S/c1-12-4-9-16(13(2)10-12)20-19(24)21-17(22)11-27-18(23)14-5-7-15(8-6-14)28(3,25)26/h4-10H,11H2,1-3H3,(H2,20,21,22,24). The molecule has 0 aliphatic carbocycles. The molecule has 8 nitrogen and oxygen atoms in total. The number of esters is 1. The molecule has 0 aliphatic heterocycles. The van der Waals surface area contributed by atoms with Gasteiger partial charge in [-0.3, -0.25) is 10.1 Å². The van der Waals surface area contributed by atoms with E-state index >= 15 is 0 Å². The van der Waals surface area contributed by atoms with Crippen molar-refractivity contribution in [1.29, 1.82) is 0 Å². The molecule has 28 heavy (non-hydrogen) atoms. The molecule has 9 heteroatoms. The quantitative estimate of drug-likeness (QED) is 0.738. The SMILES string of the molecule is Cc1ccc(NC(=O)NC(=O)COC(=O)c2ccc(S(C)(=O)=O)cc2)c(C)c1. The fourth-order valence-corrected chi connectivity index (χ4v) is 2.95. The lowest BCUT2D eigenvalue weighted by Crippen LogP contribution is -2.37. The molecule has 0 saturated heterocycles. The first-order valence-corrected chi connectivity index (χ1v) is 10.1. The number of ether oxygens (including phenoxy) is 1. The maximum absolute atomic E-state index is 11.9. The van der Waals surface area contributed by atoms with E-state index < -0.39 is 34.4 Å². The number of aryl methyl sites for hydroxylation is 2. The third-order valence-electron chi connectivity index (χ3n) is 3.74. The molecule has 0 fully saturated rings. The Morgan fingerprint density at radius 2 is 1.64 bits per heavy atom. The number of sulfone groups is 1. The zero-order chi connectivity index (χ0) is 20.9. The highest BCUT2D eigenvalue weighted by Gasteiger charge is 2.14. The van der Waals surface area contributed by atoms with Crippen LogP contribution >= 0.6 is 0 Å². The number of carbonyl (C=O) groups excluding carboxylic acids is 3. The molecular formula is C19H20N2O6S. The van der Waals surface area contributed by atoms with Gasteiger partial charge < -0.3 is 10.1 Å². The Bertz CT molecular complexity index is 1010. The van der Waals surface area contributed by atoms with Crippen molar-refractivity contribution in [1.82, 2.24) is 5.32 Å². The van der Waals surface area contributed by atoms with E-state index in [1.165, 1.54) is 24.3 Å². The minimum absolute atomic E-state index is 0.0601. The number of anilines is 1. The van der Waals surface area contributed by atoms with Crippen LogP contribution in [0.2, 0.25) is 0 Å². The lowest BCUT2D eigenvalue weighted by atomic mass is 10.1. The zero-order valence-corrected chi connectivity index (χ0v) is 16.4. The van der Waals surface area contributed by atoms with Crippen LogP contribution in [0, 0.1) is 13.8 Å². The highest BCUT2D eigenvalue weighted by Crippen LogP contribution is 2.15. The average molecular weight is 404 g/mol. The summed E-state index contributed by atoms with van der Waals surface area (Å²) in [5, 5.41) is 4.60. The van der Waals surface area contributed by atoms with E-state index in [9.17, 15) is 22.8 Å². The molecule has 0 aromatic heterocycles. The molecule has 2 N–H and O–H groups in total. The Balaban J connectivity index is 1.86. The summed E-state index contributed by atoms with van der Waals surface area (Å²) >= 11 is 0. The molecule has 2 aromatic rings. The van der Waals surface area contributed by atoms with Crippen molar-refractivity contribution in [3.63, 3.8) is 0 Å². The molecule has 2 aromatic carbocycles. The Kier molecular flexibility index (Phi) is 6.53. The summed E-state index contributed by atoms with van der Waals surface area (Å²) in [7, 11) is -3.38. The number of hydrogen-bond donors (Lipinski definition) is 2. The van der Waals surface area contributed by atoms with Gasteiger partial charge in [0.2, 0.25) is 0 Å². The van der Waals surface area contributed by atoms with Crippen LogP contribution in [0.5, 0.6) is 0 Å². The van der Waals surface area contributed by atoms with E-state index in [0.29, 0.717) is 5.69 Å². The number of urea groups is 1. The van der Waals surface area contributed by atoms with Gasteiger partial charge in [0.15, 0.2) is 16.4 Å². The van der Waals surface area contributed by atoms with E-state index in [1.54, 1.807) is 6.07 Å². The van der Waals surface area contributed by atoms with Crippen LogP contribution in [0.3, 0.4) is 0 Å². The summed E-state index contributed by atoms with van der Waals surface area (Å²) in [4.78, 5) is 35.6. The number of hydrogen-bond acceptors (Lipinski definition) is 6. The van der Waals surface area contributed by atoms with Crippen molar-refractivity contribution < 1.29 is 27.5 Å². The molecule has 0 unspecified atom stereocenters. The van der Waals surface area contributed by atoms with Crippen LogP contribution in [0.4, 0.5) is 10.5 Å². The first-order chi connectivity index (χ1) is 13.1. The first-order valence-electron chi connectivity index (χ1n) is 8.21. The number of rotatable bonds is 5. The van der Waals surface area contributed by atoms with Crippen molar-refractivity contribution in [2.75, 3.05) is 18.2 Å². The van der Waals surface area contributed by atoms with Crippen molar-refractivity contribution in [2.45, 2.75) is 18.7 Å². The predicted octanol–water partition coefficient (Wildman–Crippen LogP) is 2.21. The molecule has 3 amide bonds. The molecule has 0 aliphatic rings. The van der Waals surface area contributed by atoms with E-state index in [4.69, 9.17) is 4.74 Å². The van der Waals surface area contributed by atoms with Crippen LogP contribution in [0.1, 0.15) is 21.5 Å². The maximum Gasteiger partial charge on any atom is 0.338 e. The van der Waals surface area contributed by atoms with Gasteiger partial charge in [0.25, 0.3) is 5.91 Å². The van der Waals surface area contributed by atoms with E-state index in [1.807, 2.05) is 26.0 Å². The number of imide groups is 1. The molecule has 0 bridgehead atoms. The number of carbonyl (C=O) groups is 3. The highest BCUT2D eigenvalue weighted by molar-refractivity contribution is 7.90. The molecule has 2 rings (SSSR count). The summed E-state index contributed by atoms with van der Waals surface area (Å²) in [5.41, 5.74) is 2.52. The van der Waals surface area contributed by atoms with Crippen LogP contribution in [0.15, 0.2) is 47.4 Å². The minimum Gasteiger partial charge on any atom is -0.452 e. The molecule has 0 atom stereocenters. The lowest BCUT2D eigenvalue weighted by molar-refractivity contribution is -0.123. The Morgan fingerprint density at radius 1 is 1.00 bits per heavy atom. The normalized spacial score (nSPS) is 10.8. The summed E-state index contributed by atoms with van der Waals surface area (Å²) in [5.74, 6) is -1.62. The van der Waals surface area contributed by atoms with Gasteiger partial charge in [-0.2, -0.15) is 0 Å². The topological polar surface area (TPSA) is 119 Å². The lowest BCUT2D eigenvalue weighted by Gasteiger charge is -2.10. The number of amides is 3. The van der Waals surface area contributed by atoms with Gasteiger partial charge in [-0.05, 0) is 49.7 Å². The van der Waals surface area contributed by atoms with Gasteiger partial charge >= 0.3 is 12.0 Å². The Labute approximate surface area is 162 Å². The molecule has 0 spiro atoms. The van der Waals surface area contributed by atoms with Crippen molar-refractivity contribution in [2.24, 2.45) is 0 Å². The largest absolute Gasteiger partial charge is 0.452 e. The smallest absolute Gasteiger partial charge is 0.338 e. The van der Waals surface area contributed by atoms with Crippen molar-refractivity contribution in [3.05, 3.63) is 59.2 Å². The Morgan fingerprint density at radius 3 is 2.21 bits per heavy atom. The van der Waals surface area contributed by atoms with E-state index in [-0.39, 0.29) is 10.5 Å². The van der Waals surface area contributed by atoms with Gasteiger partial charge in [-0.15, -0.1) is 0 Å². The maximum atomic E-state index is 11.9. The van der Waals surface area contributed by atoms with Gasteiger partial charge in [0.05, 0.1) is 10.5 Å². The third-order valence-corrected chi connectivity index (χ3v) is 4.86. The number of nitrogens with one attached hydrogen (secondary N) is 2. The second kappa shape index (κ2) is 8.66. The second-order valence-corrected chi connectivity index (χ2v) is 8.21.